The van der Waals surface area contributed by atoms with Crippen LogP contribution < -0.4 is 10.6 Å². The van der Waals surface area contributed by atoms with Crippen LogP contribution in [0, 0.1) is 17.2 Å². The van der Waals surface area contributed by atoms with Crippen LogP contribution in [0.1, 0.15) is 25.8 Å². The number of amides is 2. The van der Waals surface area contributed by atoms with Gasteiger partial charge in [0, 0.05) is 25.7 Å². The predicted octanol–water partition coefficient (Wildman–Crippen LogP) is 0.941. The van der Waals surface area contributed by atoms with E-state index >= 15 is 0 Å². The molecule has 0 bridgehead atoms. The van der Waals surface area contributed by atoms with Crippen LogP contribution in [0.2, 0.25) is 0 Å². The fourth-order valence-electron chi connectivity index (χ4n) is 2.38. The molecule has 0 saturated carbocycles. The zero-order chi connectivity index (χ0) is 18.8. The summed E-state index contributed by atoms with van der Waals surface area (Å²) in [7, 11) is 1.22. The van der Waals surface area contributed by atoms with Gasteiger partial charge in [-0.2, -0.15) is 5.26 Å². The predicted molar refractivity (Wildman–Crippen MR) is 91.1 cm³/mol. The van der Waals surface area contributed by atoms with Crippen LogP contribution in [0.4, 0.5) is 0 Å². The van der Waals surface area contributed by atoms with E-state index in [9.17, 15) is 14.4 Å². The Hall–Kier alpha value is -2.88. The van der Waals surface area contributed by atoms with E-state index in [2.05, 4.69) is 10.6 Å². The van der Waals surface area contributed by atoms with Gasteiger partial charge in [0.1, 0.15) is 12.1 Å². The molecule has 0 radical (unpaired) electrons. The summed E-state index contributed by atoms with van der Waals surface area (Å²) in [6, 6.07) is 9.41. The first-order valence-corrected chi connectivity index (χ1v) is 7.95. The second-order valence-corrected chi connectivity index (χ2v) is 5.79. The van der Waals surface area contributed by atoms with Gasteiger partial charge in [0.15, 0.2) is 0 Å². The van der Waals surface area contributed by atoms with Gasteiger partial charge < -0.3 is 15.4 Å². The Morgan fingerprint density at radius 2 is 1.84 bits per heavy atom. The van der Waals surface area contributed by atoms with Crippen molar-refractivity contribution in [3.8, 4) is 6.07 Å². The molecular weight excluding hydrogens is 322 g/mol. The van der Waals surface area contributed by atoms with Gasteiger partial charge >= 0.3 is 5.97 Å². The van der Waals surface area contributed by atoms with Crippen molar-refractivity contribution in [1.82, 2.24) is 10.6 Å². The molecule has 1 rings (SSSR count). The van der Waals surface area contributed by atoms with Crippen molar-refractivity contribution >= 4 is 17.8 Å². The van der Waals surface area contributed by atoms with E-state index in [0.717, 1.165) is 5.56 Å². The Labute approximate surface area is 147 Å². The fraction of sp³-hybridized carbons (Fsp3) is 0.444. The van der Waals surface area contributed by atoms with Gasteiger partial charge in [-0.3, -0.25) is 9.59 Å². The van der Waals surface area contributed by atoms with Gasteiger partial charge in [-0.25, -0.2) is 4.79 Å². The van der Waals surface area contributed by atoms with Gasteiger partial charge in [-0.15, -0.1) is 0 Å². The molecule has 7 nitrogen and oxygen atoms in total. The molecule has 25 heavy (non-hydrogen) atoms. The lowest BCUT2D eigenvalue weighted by molar-refractivity contribution is -0.146. The van der Waals surface area contributed by atoms with Crippen molar-refractivity contribution in [3.05, 3.63) is 35.9 Å². The molecule has 2 N–H and O–H groups in total. The maximum Gasteiger partial charge on any atom is 0.328 e. The Balaban J connectivity index is 2.92. The van der Waals surface area contributed by atoms with Crippen molar-refractivity contribution in [2.45, 2.75) is 38.8 Å². The standard InChI is InChI=1S/C18H23N3O4/c1-12(9-10-19)16(18(24)25-3)21-17(23)15(20-13(2)22)11-14-7-5-4-6-8-14/h4-8,12,15-16H,9,11H2,1-3H3,(H,20,22)(H,21,23)/t12-,15-,16-/m0/s1. The molecule has 0 fully saturated rings. The Morgan fingerprint density at radius 3 is 2.36 bits per heavy atom. The van der Waals surface area contributed by atoms with Gasteiger partial charge in [-0.1, -0.05) is 37.3 Å². The summed E-state index contributed by atoms with van der Waals surface area (Å²) in [5, 5.41) is 14.0. The van der Waals surface area contributed by atoms with E-state index in [1.165, 1.54) is 14.0 Å². The first-order valence-electron chi connectivity index (χ1n) is 7.95. The Bertz CT molecular complexity index is 639. The van der Waals surface area contributed by atoms with Crippen molar-refractivity contribution in [2.75, 3.05) is 7.11 Å². The van der Waals surface area contributed by atoms with E-state index in [1.54, 1.807) is 6.92 Å². The largest absolute Gasteiger partial charge is 0.467 e. The zero-order valence-corrected chi connectivity index (χ0v) is 14.6. The Morgan fingerprint density at radius 1 is 1.20 bits per heavy atom. The molecule has 7 heteroatoms. The van der Waals surface area contributed by atoms with Crippen molar-refractivity contribution < 1.29 is 19.1 Å². The number of ether oxygens (including phenoxy) is 1. The minimum atomic E-state index is -0.954. The summed E-state index contributed by atoms with van der Waals surface area (Å²) in [5.74, 6) is -1.90. The number of nitrogens with zero attached hydrogens (tertiary/aromatic N) is 1. The summed E-state index contributed by atoms with van der Waals surface area (Å²) in [5.41, 5.74) is 0.871. The van der Waals surface area contributed by atoms with Gasteiger partial charge in [0.05, 0.1) is 13.2 Å². The molecule has 0 aliphatic carbocycles. The number of esters is 1. The summed E-state index contributed by atoms with van der Waals surface area (Å²) in [6.07, 6.45) is 0.371. The number of benzene rings is 1. The van der Waals surface area contributed by atoms with Gasteiger partial charge in [-0.05, 0) is 5.56 Å². The first kappa shape index (κ1) is 20.2. The average Bonchev–Trinajstić information content (AvgIpc) is 2.58. The van der Waals surface area contributed by atoms with Crippen LogP contribution in [0.5, 0.6) is 0 Å². The molecular formula is C18H23N3O4. The van der Waals surface area contributed by atoms with Crippen molar-refractivity contribution in [2.24, 2.45) is 5.92 Å². The Kier molecular flexibility index (Phi) is 8.13. The normalized spacial score (nSPS) is 13.7. The first-order chi connectivity index (χ1) is 11.9. The second-order valence-electron chi connectivity index (χ2n) is 5.79. The number of hydrogen-bond acceptors (Lipinski definition) is 5. The van der Waals surface area contributed by atoms with E-state index in [-0.39, 0.29) is 18.7 Å². The quantitative estimate of drug-likeness (QED) is 0.682. The number of nitriles is 1. The third-order valence-corrected chi connectivity index (χ3v) is 3.71. The van der Waals surface area contributed by atoms with Crippen LogP contribution in [0.25, 0.3) is 0 Å². The third-order valence-electron chi connectivity index (χ3n) is 3.71. The van der Waals surface area contributed by atoms with E-state index in [0.29, 0.717) is 0 Å². The molecule has 0 heterocycles. The molecule has 1 aromatic rings. The maximum absolute atomic E-state index is 12.6. The van der Waals surface area contributed by atoms with Crippen LogP contribution in [-0.2, 0) is 25.5 Å². The van der Waals surface area contributed by atoms with Crippen molar-refractivity contribution in [1.29, 1.82) is 5.26 Å². The number of rotatable bonds is 8. The molecule has 0 spiro atoms. The molecule has 0 saturated heterocycles. The molecule has 0 aliphatic rings. The monoisotopic (exact) mass is 345 g/mol. The summed E-state index contributed by atoms with van der Waals surface area (Å²) in [4.78, 5) is 36.0. The summed E-state index contributed by atoms with van der Waals surface area (Å²) < 4.78 is 4.71. The average molecular weight is 345 g/mol. The lowest BCUT2D eigenvalue weighted by Crippen LogP contribution is -2.54. The molecule has 3 atom stereocenters. The zero-order valence-electron chi connectivity index (χ0n) is 14.6. The van der Waals surface area contributed by atoms with Crippen LogP contribution in [-0.4, -0.2) is 37.0 Å². The molecule has 0 aliphatic heterocycles. The van der Waals surface area contributed by atoms with E-state index in [1.807, 2.05) is 36.4 Å². The number of carbonyl (C=O) groups is 3. The van der Waals surface area contributed by atoms with Gasteiger partial charge in [0.25, 0.3) is 0 Å². The lowest BCUT2D eigenvalue weighted by Gasteiger charge is -2.24. The van der Waals surface area contributed by atoms with Crippen molar-refractivity contribution in [3.63, 3.8) is 0 Å². The van der Waals surface area contributed by atoms with E-state index < -0.39 is 29.9 Å². The molecule has 2 amide bonds. The number of methoxy groups -OCH3 is 1. The molecule has 134 valence electrons. The smallest absolute Gasteiger partial charge is 0.328 e. The van der Waals surface area contributed by atoms with Crippen LogP contribution in [0.3, 0.4) is 0 Å². The molecule has 0 unspecified atom stereocenters. The number of hydrogen-bond donors (Lipinski definition) is 2. The highest BCUT2D eigenvalue weighted by molar-refractivity contribution is 5.90. The molecule has 1 aromatic carbocycles. The fourth-order valence-corrected chi connectivity index (χ4v) is 2.38. The SMILES string of the molecule is COC(=O)[C@@H](NC(=O)[C@H](Cc1ccccc1)NC(C)=O)[C@@H](C)CC#N. The minimum absolute atomic E-state index is 0.0868. The topological polar surface area (TPSA) is 108 Å². The van der Waals surface area contributed by atoms with E-state index in [4.69, 9.17) is 10.00 Å². The minimum Gasteiger partial charge on any atom is -0.467 e. The lowest BCUT2D eigenvalue weighted by atomic mass is 9.97. The van der Waals surface area contributed by atoms with Crippen LogP contribution >= 0.6 is 0 Å². The highest BCUT2D eigenvalue weighted by atomic mass is 16.5. The highest BCUT2D eigenvalue weighted by Gasteiger charge is 2.30. The molecule has 0 aromatic heterocycles. The maximum atomic E-state index is 12.6. The third kappa shape index (κ3) is 6.63. The number of nitrogens with one attached hydrogen (secondary N) is 2. The second kappa shape index (κ2) is 10.1. The summed E-state index contributed by atoms with van der Waals surface area (Å²) >= 11 is 0. The number of carbonyl (C=O) groups excluding carboxylic acids is 3. The van der Waals surface area contributed by atoms with Crippen LogP contribution in [0.15, 0.2) is 30.3 Å². The van der Waals surface area contributed by atoms with Gasteiger partial charge in [0.2, 0.25) is 11.8 Å². The highest BCUT2D eigenvalue weighted by Crippen LogP contribution is 2.11. The summed E-state index contributed by atoms with van der Waals surface area (Å²) in [6.45, 7) is 3.00.